The van der Waals surface area contributed by atoms with Crippen LogP contribution in [0.25, 0.3) is 0 Å². The Bertz CT molecular complexity index is 326. The molecule has 2 rings (SSSR count). The summed E-state index contributed by atoms with van der Waals surface area (Å²) in [7, 11) is 0. The van der Waals surface area contributed by atoms with Crippen molar-refractivity contribution in [2.75, 3.05) is 0 Å². The molecule has 0 atom stereocenters. The zero-order chi connectivity index (χ0) is 9.97. The molecule has 0 amide bonds. The van der Waals surface area contributed by atoms with Gasteiger partial charge in [-0.3, -0.25) is 4.79 Å². The molecule has 1 heterocycles. The fourth-order valence-corrected chi connectivity index (χ4v) is 3.59. The molecule has 1 fully saturated rings. The third-order valence-corrected chi connectivity index (χ3v) is 4.47. The Hall–Kier alpha value is -0.340. The average molecular weight is 229 g/mol. The summed E-state index contributed by atoms with van der Waals surface area (Å²) < 4.78 is 0. The lowest BCUT2D eigenvalue weighted by atomic mass is 9.88. The molecule has 3 heteroatoms. The molecule has 0 spiro atoms. The van der Waals surface area contributed by atoms with Gasteiger partial charge in [-0.25, -0.2) is 0 Å². The highest BCUT2D eigenvalue weighted by Gasteiger charge is 2.20. The van der Waals surface area contributed by atoms with Gasteiger partial charge in [0.2, 0.25) is 0 Å². The smallest absolute Gasteiger partial charge is 0.160 e. The van der Waals surface area contributed by atoms with Crippen LogP contribution in [0.5, 0.6) is 0 Å². The summed E-state index contributed by atoms with van der Waals surface area (Å²) in [5, 5.41) is 0.795. The SMILES string of the molecule is O=Cc1cc(Cl)c(C2CCCCC2)s1. The quantitative estimate of drug-likeness (QED) is 0.692. The molecule has 0 unspecified atom stereocenters. The summed E-state index contributed by atoms with van der Waals surface area (Å²) >= 11 is 7.67. The van der Waals surface area contributed by atoms with E-state index in [9.17, 15) is 4.79 Å². The van der Waals surface area contributed by atoms with Crippen LogP contribution in [-0.2, 0) is 0 Å². The molecule has 0 saturated heterocycles. The highest BCUT2D eigenvalue weighted by molar-refractivity contribution is 7.14. The van der Waals surface area contributed by atoms with Crippen LogP contribution in [0.4, 0.5) is 0 Å². The molecule has 0 aliphatic heterocycles. The van der Waals surface area contributed by atoms with E-state index >= 15 is 0 Å². The summed E-state index contributed by atoms with van der Waals surface area (Å²) in [5.41, 5.74) is 0. The third-order valence-electron chi connectivity index (χ3n) is 2.82. The molecule has 1 aliphatic rings. The maximum absolute atomic E-state index is 10.6. The zero-order valence-electron chi connectivity index (χ0n) is 7.96. The van der Waals surface area contributed by atoms with Gasteiger partial charge in [-0.05, 0) is 24.8 Å². The van der Waals surface area contributed by atoms with Gasteiger partial charge in [0.25, 0.3) is 0 Å². The first-order chi connectivity index (χ1) is 6.81. The molecule has 0 N–H and O–H groups in total. The van der Waals surface area contributed by atoms with Crippen LogP contribution < -0.4 is 0 Å². The Morgan fingerprint density at radius 3 is 2.64 bits per heavy atom. The van der Waals surface area contributed by atoms with Crippen LogP contribution in [0.2, 0.25) is 5.02 Å². The monoisotopic (exact) mass is 228 g/mol. The molecular formula is C11H13ClOS. The second-order valence-corrected chi connectivity index (χ2v) is 5.34. The average Bonchev–Trinajstić information content (AvgIpc) is 2.61. The van der Waals surface area contributed by atoms with Crippen molar-refractivity contribution in [2.45, 2.75) is 38.0 Å². The van der Waals surface area contributed by atoms with Gasteiger partial charge in [0, 0.05) is 4.88 Å². The summed E-state index contributed by atoms with van der Waals surface area (Å²) in [6.45, 7) is 0. The second-order valence-electron chi connectivity index (χ2n) is 3.81. The van der Waals surface area contributed by atoms with E-state index in [1.807, 2.05) is 0 Å². The van der Waals surface area contributed by atoms with Crippen LogP contribution in [0, 0.1) is 0 Å². The first-order valence-electron chi connectivity index (χ1n) is 5.05. The lowest BCUT2D eigenvalue weighted by Gasteiger charge is -2.20. The lowest BCUT2D eigenvalue weighted by molar-refractivity contribution is 0.112. The van der Waals surface area contributed by atoms with Gasteiger partial charge < -0.3 is 0 Å². The maximum Gasteiger partial charge on any atom is 0.160 e. The number of aldehydes is 1. The molecule has 1 aliphatic carbocycles. The molecule has 1 aromatic heterocycles. The van der Waals surface area contributed by atoms with Gasteiger partial charge in [0.05, 0.1) is 9.90 Å². The Kier molecular flexibility index (Phi) is 3.24. The highest BCUT2D eigenvalue weighted by Crippen LogP contribution is 2.40. The largest absolute Gasteiger partial charge is 0.297 e. The lowest BCUT2D eigenvalue weighted by Crippen LogP contribution is -2.02. The van der Waals surface area contributed by atoms with Crippen molar-refractivity contribution >= 4 is 29.2 Å². The van der Waals surface area contributed by atoms with Crippen molar-refractivity contribution in [2.24, 2.45) is 0 Å². The van der Waals surface area contributed by atoms with Crippen molar-refractivity contribution in [3.8, 4) is 0 Å². The number of carbonyl (C=O) groups is 1. The van der Waals surface area contributed by atoms with E-state index in [1.54, 1.807) is 17.4 Å². The van der Waals surface area contributed by atoms with Crippen molar-refractivity contribution in [3.05, 3.63) is 20.8 Å². The van der Waals surface area contributed by atoms with Gasteiger partial charge in [0.15, 0.2) is 6.29 Å². The van der Waals surface area contributed by atoms with Crippen LogP contribution in [-0.4, -0.2) is 6.29 Å². The number of thiophene rings is 1. The van der Waals surface area contributed by atoms with E-state index in [4.69, 9.17) is 11.6 Å². The minimum absolute atomic E-state index is 0.606. The molecule has 0 bridgehead atoms. The zero-order valence-corrected chi connectivity index (χ0v) is 9.53. The topological polar surface area (TPSA) is 17.1 Å². The van der Waals surface area contributed by atoms with Crippen molar-refractivity contribution in [1.82, 2.24) is 0 Å². The molecule has 14 heavy (non-hydrogen) atoms. The Morgan fingerprint density at radius 2 is 2.07 bits per heavy atom. The predicted molar refractivity (Wildman–Crippen MR) is 60.5 cm³/mol. The van der Waals surface area contributed by atoms with E-state index in [0.717, 1.165) is 16.2 Å². The molecule has 1 nitrogen and oxygen atoms in total. The Balaban J connectivity index is 2.20. The summed E-state index contributed by atoms with van der Waals surface area (Å²) in [6.07, 6.45) is 7.31. The van der Waals surface area contributed by atoms with E-state index in [2.05, 4.69) is 0 Å². The van der Waals surface area contributed by atoms with Crippen molar-refractivity contribution in [3.63, 3.8) is 0 Å². The third kappa shape index (κ3) is 2.01. The van der Waals surface area contributed by atoms with Crippen LogP contribution in [0.3, 0.4) is 0 Å². The van der Waals surface area contributed by atoms with E-state index < -0.39 is 0 Å². The Labute approximate surface area is 93.1 Å². The normalized spacial score (nSPS) is 18.4. The van der Waals surface area contributed by atoms with Crippen LogP contribution >= 0.6 is 22.9 Å². The highest BCUT2D eigenvalue weighted by atomic mass is 35.5. The van der Waals surface area contributed by atoms with Gasteiger partial charge in [-0.2, -0.15) is 0 Å². The molecule has 0 radical (unpaired) electrons. The van der Waals surface area contributed by atoms with E-state index in [0.29, 0.717) is 5.92 Å². The number of hydrogen-bond acceptors (Lipinski definition) is 2. The van der Waals surface area contributed by atoms with Gasteiger partial charge in [-0.15, -0.1) is 11.3 Å². The first kappa shape index (κ1) is 10.2. The minimum Gasteiger partial charge on any atom is -0.297 e. The number of hydrogen-bond donors (Lipinski definition) is 0. The summed E-state index contributed by atoms with van der Waals surface area (Å²) in [5.74, 6) is 0.606. The Morgan fingerprint density at radius 1 is 1.36 bits per heavy atom. The van der Waals surface area contributed by atoms with Crippen molar-refractivity contribution in [1.29, 1.82) is 0 Å². The van der Waals surface area contributed by atoms with Gasteiger partial charge in [0.1, 0.15) is 0 Å². The molecular weight excluding hydrogens is 216 g/mol. The number of rotatable bonds is 2. The minimum atomic E-state index is 0.606. The number of carbonyl (C=O) groups excluding carboxylic acids is 1. The van der Waals surface area contributed by atoms with Crippen molar-refractivity contribution < 1.29 is 4.79 Å². The van der Waals surface area contributed by atoms with Gasteiger partial charge in [-0.1, -0.05) is 30.9 Å². The number of halogens is 1. The fraction of sp³-hybridized carbons (Fsp3) is 0.545. The molecule has 1 saturated carbocycles. The molecule has 0 aromatic carbocycles. The first-order valence-corrected chi connectivity index (χ1v) is 6.25. The summed E-state index contributed by atoms with van der Waals surface area (Å²) in [6, 6.07) is 1.79. The summed E-state index contributed by atoms with van der Waals surface area (Å²) in [4.78, 5) is 12.6. The van der Waals surface area contributed by atoms with E-state index in [-0.39, 0.29) is 0 Å². The van der Waals surface area contributed by atoms with Gasteiger partial charge >= 0.3 is 0 Å². The second kappa shape index (κ2) is 4.45. The standard InChI is InChI=1S/C11H13ClOS/c12-10-6-9(7-13)14-11(10)8-4-2-1-3-5-8/h6-8H,1-5H2. The maximum atomic E-state index is 10.6. The van der Waals surface area contributed by atoms with Crippen LogP contribution in [0.1, 0.15) is 52.6 Å². The molecule has 1 aromatic rings. The molecule has 76 valence electrons. The van der Waals surface area contributed by atoms with Crippen LogP contribution in [0.15, 0.2) is 6.07 Å². The predicted octanol–water partition coefficient (Wildman–Crippen LogP) is 4.26. The van der Waals surface area contributed by atoms with E-state index in [1.165, 1.54) is 37.0 Å². The fourth-order valence-electron chi connectivity index (χ4n) is 2.10.